The van der Waals surface area contributed by atoms with Gasteiger partial charge in [0.2, 0.25) is 0 Å². The summed E-state index contributed by atoms with van der Waals surface area (Å²) in [5.74, 6) is 2.40. The van der Waals surface area contributed by atoms with Crippen molar-refractivity contribution in [1.29, 1.82) is 0 Å². The molecule has 0 atom stereocenters. The number of hydrogen-bond donors (Lipinski definition) is 2. The van der Waals surface area contributed by atoms with Crippen molar-refractivity contribution < 1.29 is 0 Å². The molecule has 0 aliphatic heterocycles. The largest absolute Gasteiger partial charge is 0.353 e. The first-order valence-corrected chi connectivity index (χ1v) is 5.78. The zero-order valence-electron chi connectivity index (χ0n) is 11.0. The summed E-state index contributed by atoms with van der Waals surface area (Å²) in [7, 11) is 1.92. The SMILES string of the molecule is C=CCNC(=NCc1nnc(C)n1C)NCC=C. The highest BCUT2D eigenvalue weighted by molar-refractivity contribution is 5.80. The van der Waals surface area contributed by atoms with Crippen LogP contribution in [0.4, 0.5) is 0 Å². The average Bonchev–Trinajstić information content (AvgIpc) is 2.69. The number of nitrogens with zero attached hydrogens (tertiary/aromatic N) is 4. The summed E-state index contributed by atoms with van der Waals surface area (Å²) in [5.41, 5.74) is 0. The fourth-order valence-corrected chi connectivity index (χ4v) is 1.25. The van der Waals surface area contributed by atoms with E-state index in [9.17, 15) is 0 Å². The lowest BCUT2D eigenvalue weighted by Crippen LogP contribution is -2.37. The van der Waals surface area contributed by atoms with Crippen LogP contribution in [0.5, 0.6) is 0 Å². The van der Waals surface area contributed by atoms with Crippen molar-refractivity contribution in [3.8, 4) is 0 Å². The van der Waals surface area contributed by atoms with Gasteiger partial charge in [0.1, 0.15) is 12.4 Å². The molecule has 0 aliphatic rings. The van der Waals surface area contributed by atoms with Gasteiger partial charge in [-0.3, -0.25) is 0 Å². The topological polar surface area (TPSA) is 67.1 Å². The quantitative estimate of drug-likeness (QED) is 0.438. The molecule has 1 aromatic heterocycles. The standard InChI is InChI=1S/C12H20N6/c1-5-7-13-12(14-8-6-2)15-9-11-17-16-10(3)18(11)4/h5-6H,1-2,7-9H2,3-4H3,(H2,13,14,15). The zero-order valence-corrected chi connectivity index (χ0v) is 11.0. The molecule has 0 saturated carbocycles. The molecule has 0 amide bonds. The van der Waals surface area contributed by atoms with Crippen LogP contribution in [0.3, 0.4) is 0 Å². The zero-order chi connectivity index (χ0) is 13.4. The number of aryl methyl sites for hydroxylation is 1. The summed E-state index contributed by atoms with van der Waals surface area (Å²) in [6, 6.07) is 0. The van der Waals surface area contributed by atoms with Gasteiger partial charge >= 0.3 is 0 Å². The van der Waals surface area contributed by atoms with E-state index in [4.69, 9.17) is 0 Å². The maximum absolute atomic E-state index is 4.42. The highest BCUT2D eigenvalue weighted by Crippen LogP contribution is 1.98. The van der Waals surface area contributed by atoms with E-state index in [-0.39, 0.29) is 0 Å². The van der Waals surface area contributed by atoms with Gasteiger partial charge in [0.05, 0.1) is 0 Å². The molecule has 0 spiro atoms. The molecule has 6 nitrogen and oxygen atoms in total. The summed E-state index contributed by atoms with van der Waals surface area (Å²) in [5, 5.41) is 14.3. The molecule has 0 aliphatic carbocycles. The minimum atomic E-state index is 0.473. The van der Waals surface area contributed by atoms with Gasteiger partial charge in [-0.2, -0.15) is 0 Å². The number of hydrogen-bond acceptors (Lipinski definition) is 3. The Labute approximate surface area is 108 Å². The predicted molar refractivity (Wildman–Crippen MR) is 73.3 cm³/mol. The van der Waals surface area contributed by atoms with Gasteiger partial charge in [-0.25, -0.2) is 4.99 Å². The number of aromatic nitrogens is 3. The van der Waals surface area contributed by atoms with Gasteiger partial charge in [-0.05, 0) is 6.92 Å². The maximum Gasteiger partial charge on any atom is 0.192 e. The average molecular weight is 248 g/mol. The third kappa shape index (κ3) is 4.04. The summed E-state index contributed by atoms with van der Waals surface area (Å²) < 4.78 is 1.92. The second kappa shape index (κ2) is 7.26. The predicted octanol–water partition coefficient (Wildman–Crippen LogP) is 0.531. The normalized spacial score (nSPS) is 9.67. The van der Waals surface area contributed by atoms with Gasteiger partial charge in [-0.15, -0.1) is 23.4 Å². The van der Waals surface area contributed by atoms with Crippen LogP contribution in [-0.2, 0) is 13.6 Å². The lowest BCUT2D eigenvalue weighted by atomic mass is 10.5. The van der Waals surface area contributed by atoms with Gasteiger partial charge in [-0.1, -0.05) is 12.2 Å². The number of nitrogens with one attached hydrogen (secondary N) is 2. The third-order valence-electron chi connectivity index (χ3n) is 2.39. The van der Waals surface area contributed by atoms with Crippen molar-refractivity contribution in [1.82, 2.24) is 25.4 Å². The molecule has 0 aromatic carbocycles. The van der Waals surface area contributed by atoms with Crippen molar-refractivity contribution in [3.63, 3.8) is 0 Å². The Hall–Kier alpha value is -2.11. The third-order valence-corrected chi connectivity index (χ3v) is 2.39. The highest BCUT2D eigenvalue weighted by Gasteiger charge is 2.04. The van der Waals surface area contributed by atoms with Crippen LogP contribution < -0.4 is 10.6 Å². The lowest BCUT2D eigenvalue weighted by molar-refractivity contribution is 0.765. The van der Waals surface area contributed by atoms with Gasteiger partial charge < -0.3 is 15.2 Å². The van der Waals surface area contributed by atoms with E-state index < -0.39 is 0 Å². The molecule has 0 radical (unpaired) electrons. The maximum atomic E-state index is 4.42. The van der Waals surface area contributed by atoms with Crippen LogP contribution >= 0.6 is 0 Å². The molecule has 2 N–H and O–H groups in total. The first kappa shape index (κ1) is 14.0. The molecule has 0 saturated heterocycles. The van der Waals surface area contributed by atoms with Crippen molar-refractivity contribution >= 4 is 5.96 Å². The molecule has 0 bridgehead atoms. The molecular formula is C12H20N6. The second-order valence-electron chi connectivity index (χ2n) is 3.73. The first-order valence-electron chi connectivity index (χ1n) is 5.78. The molecule has 98 valence electrons. The molecule has 0 fully saturated rings. The molecule has 1 aromatic rings. The molecular weight excluding hydrogens is 228 g/mol. The minimum absolute atomic E-state index is 0.473. The van der Waals surface area contributed by atoms with Crippen LogP contribution in [0.25, 0.3) is 0 Å². The summed E-state index contributed by atoms with van der Waals surface area (Å²) in [6.07, 6.45) is 3.55. The van der Waals surface area contributed by atoms with E-state index in [2.05, 4.69) is 39.0 Å². The first-order chi connectivity index (χ1) is 8.69. The Morgan fingerprint density at radius 2 is 1.89 bits per heavy atom. The van der Waals surface area contributed by atoms with Crippen LogP contribution in [0.15, 0.2) is 30.3 Å². The van der Waals surface area contributed by atoms with Crippen LogP contribution in [-0.4, -0.2) is 33.8 Å². The highest BCUT2D eigenvalue weighted by atomic mass is 15.3. The van der Waals surface area contributed by atoms with E-state index in [1.54, 1.807) is 12.2 Å². The lowest BCUT2D eigenvalue weighted by Gasteiger charge is -2.09. The Morgan fingerprint density at radius 3 is 2.33 bits per heavy atom. The number of aliphatic imine (C=N–C) groups is 1. The van der Waals surface area contributed by atoms with Crippen LogP contribution in [0.2, 0.25) is 0 Å². The summed E-state index contributed by atoms with van der Waals surface area (Å²) in [4.78, 5) is 4.42. The fourth-order valence-electron chi connectivity index (χ4n) is 1.25. The Morgan fingerprint density at radius 1 is 1.28 bits per heavy atom. The molecule has 1 heterocycles. The Balaban J connectivity index is 2.65. The molecule has 1 rings (SSSR count). The van der Waals surface area contributed by atoms with Gasteiger partial charge in [0, 0.05) is 20.1 Å². The van der Waals surface area contributed by atoms with E-state index in [1.807, 2.05) is 18.5 Å². The van der Waals surface area contributed by atoms with Crippen molar-refractivity contribution in [2.45, 2.75) is 13.5 Å². The van der Waals surface area contributed by atoms with E-state index >= 15 is 0 Å². The van der Waals surface area contributed by atoms with Gasteiger partial charge in [0.25, 0.3) is 0 Å². The number of rotatable bonds is 6. The molecule has 0 unspecified atom stereocenters. The molecule has 18 heavy (non-hydrogen) atoms. The fraction of sp³-hybridized carbons (Fsp3) is 0.417. The molecule has 6 heteroatoms. The second-order valence-corrected chi connectivity index (χ2v) is 3.73. The summed E-state index contributed by atoms with van der Waals surface area (Å²) >= 11 is 0. The van der Waals surface area contributed by atoms with Crippen LogP contribution in [0, 0.1) is 6.92 Å². The van der Waals surface area contributed by atoms with E-state index in [1.165, 1.54) is 0 Å². The van der Waals surface area contributed by atoms with Crippen LogP contribution in [0.1, 0.15) is 11.6 Å². The minimum Gasteiger partial charge on any atom is -0.353 e. The monoisotopic (exact) mass is 248 g/mol. The Bertz CT molecular complexity index is 418. The van der Waals surface area contributed by atoms with Crippen molar-refractivity contribution in [3.05, 3.63) is 37.0 Å². The van der Waals surface area contributed by atoms with Crippen molar-refractivity contribution in [2.24, 2.45) is 12.0 Å². The number of guanidine groups is 1. The van der Waals surface area contributed by atoms with E-state index in [0.717, 1.165) is 11.6 Å². The smallest absolute Gasteiger partial charge is 0.192 e. The van der Waals surface area contributed by atoms with Gasteiger partial charge in [0.15, 0.2) is 11.8 Å². The summed E-state index contributed by atoms with van der Waals surface area (Å²) in [6.45, 7) is 11.0. The van der Waals surface area contributed by atoms with E-state index in [0.29, 0.717) is 25.6 Å². The Kier molecular flexibility index (Phi) is 5.63. The van der Waals surface area contributed by atoms with Crippen molar-refractivity contribution in [2.75, 3.05) is 13.1 Å².